The molecule has 1 amide bonds. The molecule has 0 aliphatic rings. The summed E-state index contributed by atoms with van der Waals surface area (Å²) in [6.07, 6.45) is 7.63. The van der Waals surface area contributed by atoms with Gasteiger partial charge in [-0.2, -0.15) is 0 Å². The van der Waals surface area contributed by atoms with Crippen molar-refractivity contribution in [1.29, 1.82) is 0 Å². The lowest BCUT2D eigenvalue weighted by Crippen LogP contribution is -2.14. The zero-order chi connectivity index (χ0) is 29.9. The molecule has 2 aromatic carbocycles. The van der Waals surface area contributed by atoms with Gasteiger partial charge in [-0.1, -0.05) is 42.5 Å². The Morgan fingerprint density at radius 2 is 1.26 bits per heavy atom. The second-order valence-corrected chi connectivity index (χ2v) is 10.5. The number of carbonyl (C=O) groups is 2. The maximum absolute atomic E-state index is 13.1. The number of carbonyl (C=O) groups excluding carboxylic acids is 2. The van der Waals surface area contributed by atoms with Crippen molar-refractivity contribution in [3.05, 3.63) is 112 Å². The fraction of sp³-hybridized carbons (Fsp3) is 0.314. The largest absolute Gasteiger partial charge is 0.320 e. The molecule has 0 spiro atoms. The monoisotopic (exact) mass is 569 g/mol. The summed E-state index contributed by atoms with van der Waals surface area (Å²) in [4.78, 5) is 34.7. The number of hydrogen-bond acceptors (Lipinski definition) is 4. The van der Waals surface area contributed by atoms with Gasteiger partial charge in [-0.25, -0.2) is 0 Å². The van der Waals surface area contributed by atoms with Crippen LogP contribution in [0.5, 0.6) is 0 Å². The number of ketones is 1. The molecule has 2 aromatic heterocycles. The fourth-order valence-corrected chi connectivity index (χ4v) is 4.97. The number of benzene rings is 2. The minimum atomic E-state index is -0.328. The Morgan fingerprint density at radius 1 is 0.690 bits per heavy atom. The van der Waals surface area contributed by atoms with Gasteiger partial charge < -0.3 is 5.32 Å². The van der Waals surface area contributed by atoms with Gasteiger partial charge in [0.1, 0.15) is 11.4 Å². The highest BCUT2D eigenvalue weighted by atomic mass is 19.1. The number of halogens is 2. The lowest BCUT2D eigenvalue weighted by atomic mass is 9.91. The highest BCUT2D eigenvalue weighted by Crippen LogP contribution is 2.32. The minimum Gasteiger partial charge on any atom is -0.320 e. The molecule has 218 valence electrons. The summed E-state index contributed by atoms with van der Waals surface area (Å²) < 4.78 is 24.7. The van der Waals surface area contributed by atoms with E-state index in [9.17, 15) is 18.4 Å². The van der Waals surface area contributed by atoms with E-state index in [1.165, 1.54) is 0 Å². The predicted molar refractivity (Wildman–Crippen MR) is 164 cm³/mol. The Kier molecular flexibility index (Phi) is 11.0. The molecule has 0 bridgehead atoms. The SMILES string of the molecule is Cc1c(CC(=O)c2ccc(CCCCF)cn2)cccc1-c1cccc(NC(=O)c2ccc(CCCCF)cn2)c1C. The van der Waals surface area contributed by atoms with Gasteiger partial charge in [-0.15, -0.1) is 0 Å². The zero-order valence-electron chi connectivity index (χ0n) is 24.3. The zero-order valence-corrected chi connectivity index (χ0v) is 24.3. The molecule has 1 N–H and O–H groups in total. The molecule has 0 radical (unpaired) electrons. The highest BCUT2D eigenvalue weighted by molar-refractivity contribution is 6.04. The van der Waals surface area contributed by atoms with Crippen LogP contribution in [0.2, 0.25) is 0 Å². The first-order valence-corrected chi connectivity index (χ1v) is 14.5. The summed E-state index contributed by atoms with van der Waals surface area (Å²) in [5.74, 6) is -0.369. The minimum absolute atomic E-state index is 0.0655. The van der Waals surface area contributed by atoms with Gasteiger partial charge in [0.25, 0.3) is 5.91 Å². The van der Waals surface area contributed by atoms with E-state index in [4.69, 9.17) is 0 Å². The number of nitrogens with one attached hydrogen (secondary N) is 1. The Morgan fingerprint density at radius 3 is 1.83 bits per heavy atom. The topological polar surface area (TPSA) is 72.0 Å². The maximum atomic E-state index is 13.1. The summed E-state index contributed by atoms with van der Waals surface area (Å²) in [7, 11) is 0. The van der Waals surface area contributed by atoms with Crippen LogP contribution in [-0.2, 0) is 19.3 Å². The van der Waals surface area contributed by atoms with Crippen LogP contribution >= 0.6 is 0 Å². The summed E-state index contributed by atoms with van der Waals surface area (Å²) in [6.45, 7) is 3.31. The second-order valence-electron chi connectivity index (χ2n) is 10.5. The average molecular weight is 570 g/mol. The van der Waals surface area contributed by atoms with Gasteiger partial charge in [0.05, 0.1) is 13.3 Å². The van der Waals surface area contributed by atoms with Crippen LogP contribution in [0.1, 0.15) is 74.5 Å². The number of alkyl halides is 2. The lowest BCUT2D eigenvalue weighted by Gasteiger charge is -2.16. The maximum Gasteiger partial charge on any atom is 0.274 e. The van der Waals surface area contributed by atoms with Gasteiger partial charge in [0.2, 0.25) is 0 Å². The van der Waals surface area contributed by atoms with Crippen molar-refractivity contribution < 1.29 is 18.4 Å². The third-order valence-corrected chi connectivity index (χ3v) is 7.54. The number of amides is 1. The molecule has 7 heteroatoms. The molecular formula is C35H37F2N3O2. The summed E-state index contributed by atoms with van der Waals surface area (Å²) in [5.41, 5.74) is 8.15. The molecular weight excluding hydrogens is 532 g/mol. The number of aryl methyl sites for hydroxylation is 2. The fourth-order valence-electron chi connectivity index (χ4n) is 4.97. The van der Waals surface area contributed by atoms with Gasteiger partial charge in [0.15, 0.2) is 5.78 Å². The van der Waals surface area contributed by atoms with Crippen LogP contribution in [0.3, 0.4) is 0 Å². The van der Waals surface area contributed by atoms with E-state index in [0.29, 0.717) is 29.9 Å². The van der Waals surface area contributed by atoms with E-state index in [1.807, 2.05) is 62.4 Å². The molecule has 2 heterocycles. The predicted octanol–water partition coefficient (Wildman–Crippen LogP) is 8.02. The molecule has 0 fully saturated rings. The Labute approximate surface area is 246 Å². The standard InChI is InChI=1S/C35H37F2N3O2/c1-24-28(21-34(41)32-17-15-26(22-38-32)9-3-5-19-36)11-7-12-29(24)30-13-8-14-31(25(30)2)40-35(42)33-18-16-27(23-39-33)10-4-6-20-37/h7-8,11-18,22-23H,3-6,9-10,19-21H2,1-2H3,(H,40,42). The molecule has 0 atom stereocenters. The summed E-state index contributed by atoms with van der Waals surface area (Å²) in [6, 6.07) is 18.9. The van der Waals surface area contributed by atoms with E-state index < -0.39 is 0 Å². The molecule has 0 unspecified atom stereocenters. The first-order valence-electron chi connectivity index (χ1n) is 14.5. The number of rotatable bonds is 14. The van der Waals surface area contributed by atoms with Gasteiger partial charge in [0, 0.05) is 24.5 Å². The lowest BCUT2D eigenvalue weighted by molar-refractivity contribution is 0.0986. The van der Waals surface area contributed by atoms with Crippen LogP contribution in [0.15, 0.2) is 73.1 Å². The number of aromatic nitrogens is 2. The first-order chi connectivity index (χ1) is 20.4. The van der Waals surface area contributed by atoms with Crippen molar-refractivity contribution in [2.75, 3.05) is 18.7 Å². The highest BCUT2D eigenvalue weighted by Gasteiger charge is 2.16. The van der Waals surface area contributed by atoms with E-state index in [1.54, 1.807) is 24.5 Å². The van der Waals surface area contributed by atoms with Crippen LogP contribution in [0.4, 0.5) is 14.5 Å². The Balaban J connectivity index is 1.47. The molecule has 0 saturated heterocycles. The Hall–Kier alpha value is -4.26. The van der Waals surface area contributed by atoms with Crippen LogP contribution in [-0.4, -0.2) is 35.0 Å². The molecule has 0 aliphatic carbocycles. The van der Waals surface area contributed by atoms with Crippen molar-refractivity contribution in [3.63, 3.8) is 0 Å². The number of unbranched alkanes of at least 4 members (excludes halogenated alkanes) is 2. The third-order valence-electron chi connectivity index (χ3n) is 7.54. The summed E-state index contributed by atoms with van der Waals surface area (Å²) >= 11 is 0. The van der Waals surface area contributed by atoms with Crippen LogP contribution in [0, 0.1) is 13.8 Å². The van der Waals surface area contributed by atoms with Gasteiger partial charge >= 0.3 is 0 Å². The molecule has 42 heavy (non-hydrogen) atoms. The van der Waals surface area contributed by atoms with E-state index >= 15 is 0 Å². The first kappa shape index (κ1) is 30.7. The van der Waals surface area contributed by atoms with Gasteiger partial charge in [-0.05, 0) is 110 Å². The van der Waals surface area contributed by atoms with Gasteiger partial charge in [-0.3, -0.25) is 28.3 Å². The molecule has 0 saturated carbocycles. The number of pyridine rings is 2. The van der Waals surface area contributed by atoms with Crippen molar-refractivity contribution in [2.24, 2.45) is 0 Å². The van der Waals surface area contributed by atoms with Crippen molar-refractivity contribution in [3.8, 4) is 11.1 Å². The van der Waals surface area contributed by atoms with Crippen molar-refractivity contribution in [2.45, 2.75) is 58.8 Å². The number of anilines is 1. The number of hydrogen-bond donors (Lipinski definition) is 1. The quantitative estimate of drug-likeness (QED) is 0.123. The van der Waals surface area contributed by atoms with Crippen LogP contribution < -0.4 is 5.32 Å². The van der Waals surface area contributed by atoms with E-state index in [-0.39, 0.29) is 31.5 Å². The van der Waals surface area contributed by atoms with Crippen molar-refractivity contribution >= 4 is 17.4 Å². The number of nitrogens with zero attached hydrogens (tertiary/aromatic N) is 2. The smallest absolute Gasteiger partial charge is 0.274 e. The normalized spacial score (nSPS) is 11.0. The molecule has 4 aromatic rings. The van der Waals surface area contributed by atoms with Crippen molar-refractivity contribution in [1.82, 2.24) is 9.97 Å². The average Bonchev–Trinajstić information content (AvgIpc) is 3.00. The third kappa shape index (κ3) is 7.93. The van der Waals surface area contributed by atoms with Crippen LogP contribution in [0.25, 0.3) is 11.1 Å². The molecule has 5 nitrogen and oxygen atoms in total. The summed E-state index contributed by atoms with van der Waals surface area (Å²) in [5, 5.41) is 2.98. The molecule has 0 aliphatic heterocycles. The second kappa shape index (κ2) is 15.1. The van der Waals surface area contributed by atoms with E-state index in [0.717, 1.165) is 64.6 Å². The number of Topliss-reactive ketones (excluding diaryl/α,β-unsaturated/α-hetero) is 1. The Bertz CT molecular complexity index is 1390. The van der Waals surface area contributed by atoms with E-state index in [2.05, 4.69) is 15.3 Å². The molecule has 4 rings (SSSR count).